The summed E-state index contributed by atoms with van der Waals surface area (Å²) >= 11 is 0. The zero-order valence-electron chi connectivity index (χ0n) is 15.5. The zero-order valence-corrected chi connectivity index (χ0v) is 16.3. The maximum absolute atomic E-state index is 12.7. The second-order valence-electron chi connectivity index (χ2n) is 6.52. The number of sulfonamides is 1. The van der Waals surface area contributed by atoms with Crippen LogP contribution in [0.5, 0.6) is 0 Å². The van der Waals surface area contributed by atoms with E-state index in [-0.39, 0.29) is 0 Å². The summed E-state index contributed by atoms with van der Waals surface area (Å²) < 4.78 is 32.0. The minimum atomic E-state index is -3.38. The van der Waals surface area contributed by atoms with E-state index in [1.54, 1.807) is 36.0 Å². The molecule has 8 heteroatoms. The van der Waals surface area contributed by atoms with Gasteiger partial charge in [0, 0.05) is 38.8 Å². The summed E-state index contributed by atoms with van der Waals surface area (Å²) in [5, 5.41) is 6.42. The summed E-state index contributed by atoms with van der Waals surface area (Å²) in [6, 6.07) is 8.94. The molecule has 1 fully saturated rings. The zero-order chi connectivity index (χ0) is 19.1. The average molecular weight is 391 g/mol. The summed E-state index contributed by atoms with van der Waals surface area (Å²) in [6.45, 7) is 2.40. The number of guanidine groups is 1. The van der Waals surface area contributed by atoms with Crippen molar-refractivity contribution in [2.45, 2.75) is 37.2 Å². The first-order valence-corrected chi connectivity index (χ1v) is 10.6. The second kappa shape index (κ2) is 9.05. The number of hydrogen-bond acceptors (Lipinski definition) is 4. The Kier molecular flexibility index (Phi) is 6.52. The third-order valence-corrected chi connectivity index (χ3v) is 6.51. The molecule has 1 aromatic carbocycles. The number of furan rings is 1. The van der Waals surface area contributed by atoms with E-state index < -0.39 is 10.0 Å². The fourth-order valence-corrected chi connectivity index (χ4v) is 4.54. The molecule has 146 valence electrons. The van der Waals surface area contributed by atoms with Crippen molar-refractivity contribution in [3.05, 3.63) is 54.0 Å². The van der Waals surface area contributed by atoms with Crippen LogP contribution in [0.25, 0.3) is 0 Å². The summed E-state index contributed by atoms with van der Waals surface area (Å²) in [6.07, 6.45) is 6.29. The first-order chi connectivity index (χ1) is 13.1. The van der Waals surface area contributed by atoms with E-state index in [2.05, 4.69) is 15.6 Å². The van der Waals surface area contributed by atoms with Gasteiger partial charge in [-0.2, -0.15) is 4.31 Å². The van der Waals surface area contributed by atoms with Gasteiger partial charge in [0.25, 0.3) is 0 Å². The van der Waals surface area contributed by atoms with Crippen molar-refractivity contribution in [1.29, 1.82) is 0 Å². The van der Waals surface area contributed by atoms with Gasteiger partial charge >= 0.3 is 0 Å². The molecule has 0 saturated carbocycles. The highest BCUT2D eigenvalue weighted by molar-refractivity contribution is 7.89. The lowest BCUT2D eigenvalue weighted by atomic mass is 10.2. The van der Waals surface area contributed by atoms with E-state index in [0.29, 0.717) is 37.0 Å². The lowest BCUT2D eigenvalue weighted by molar-refractivity contribution is 0.346. The summed E-state index contributed by atoms with van der Waals surface area (Å²) in [5.74, 6) is 0.668. The molecule has 0 radical (unpaired) electrons. The van der Waals surface area contributed by atoms with Crippen LogP contribution in [-0.4, -0.2) is 38.8 Å². The van der Waals surface area contributed by atoms with Gasteiger partial charge in [-0.05, 0) is 36.6 Å². The summed E-state index contributed by atoms with van der Waals surface area (Å²) in [7, 11) is -1.67. The lowest BCUT2D eigenvalue weighted by Gasteiger charge is -2.25. The average Bonchev–Trinajstić information content (AvgIpc) is 3.23. The third-order valence-electron chi connectivity index (χ3n) is 4.60. The largest absolute Gasteiger partial charge is 0.472 e. The third kappa shape index (κ3) is 5.11. The lowest BCUT2D eigenvalue weighted by Crippen LogP contribution is -2.36. The van der Waals surface area contributed by atoms with Crippen molar-refractivity contribution in [3.8, 4) is 0 Å². The van der Waals surface area contributed by atoms with Gasteiger partial charge in [0.1, 0.15) is 0 Å². The molecule has 1 aliphatic rings. The first kappa shape index (κ1) is 19.4. The maximum Gasteiger partial charge on any atom is 0.243 e. The maximum atomic E-state index is 12.7. The van der Waals surface area contributed by atoms with Gasteiger partial charge in [-0.15, -0.1) is 0 Å². The highest BCUT2D eigenvalue weighted by atomic mass is 32.2. The van der Waals surface area contributed by atoms with Crippen molar-refractivity contribution in [3.63, 3.8) is 0 Å². The van der Waals surface area contributed by atoms with Crippen LogP contribution in [0, 0.1) is 0 Å². The molecular formula is C19H26N4O3S. The Morgan fingerprint density at radius 3 is 2.30 bits per heavy atom. The van der Waals surface area contributed by atoms with Gasteiger partial charge in [-0.3, -0.25) is 4.99 Å². The second-order valence-corrected chi connectivity index (χ2v) is 8.46. The van der Waals surface area contributed by atoms with Crippen LogP contribution in [0.4, 0.5) is 0 Å². The molecule has 1 saturated heterocycles. The Labute approximate surface area is 160 Å². The highest BCUT2D eigenvalue weighted by Crippen LogP contribution is 2.20. The Balaban J connectivity index is 1.55. The minimum absolute atomic E-state index is 0.357. The van der Waals surface area contributed by atoms with Crippen LogP contribution in [0.15, 0.2) is 57.2 Å². The standard InChI is InChI=1S/C19H26N4O3S/c1-20-19(22-14-17-9-12-26-15-17)21-13-16-5-7-18(8-6-16)27(24,25)23-10-3-2-4-11-23/h5-9,12,15H,2-4,10-11,13-14H2,1H3,(H2,20,21,22). The molecule has 27 heavy (non-hydrogen) atoms. The van der Waals surface area contributed by atoms with Gasteiger partial charge in [-0.1, -0.05) is 18.6 Å². The number of rotatable bonds is 6. The molecule has 3 rings (SSSR count). The van der Waals surface area contributed by atoms with Crippen molar-refractivity contribution in [1.82, 2.24) is 14.9 Å². The molecule has 0 amide bonds. The molecule has 0 bridgehead atoms. The van der Waals surface area contributed by atoms with Crippen LogP contribution in [-0.2, 0) is 23.1 Å². The van der Waals surface area contributed by atoms with E-state index in [4.69, 9.17) is 4.42 Å². The topological polar surface area (TPSA) is 86.9 Å². The fraction of sp³-hybridized carbons (Fsp3) is 0.421. The van der Waals surface area contributed by atoms with Crippen LogP contribution < -0.4 is 10.6 Å². The normalized spacial score (nSPS) is 16.3. The number of aliphatic imine (C=N–C) groups is 1. The van der Waals surface area contributed by atoms with Gasteiger partial charge < -0.3 is 15.1 Å². The van der Waals surface area contributed by atoms with E-state index in [1.165, 1.54) is 0 Å². The van der Waals surface area contributed by atoms with E-state index >= 15 is 0 Å². The molecule has 1 aliphatic heterocycles. The molecule has 1 aromatic heterocycles. The van der Waals surface area contributed by atoms with E-state index in [0.717, 1.165) is 30.4 Å². The molecule has 0 unspecified atom stereocenters. The molecule has 0 aliphatic carbocycles. The van der Waals surface area contributed by atoms with Crippen LogP contribution in [0.3, 0.4) is 0 Å². The summed E-state index contributed by atoms with van der Waals surface area (Å²) in [5.41, 5.74) is 2.02. The predicted molar refractivity (Wildman–Crippen MR) is 105 cm³/mol. The number of nitrogens with zero attached hydrogens (tertiary/aromatic N) is 2. The number of piperidine rings is 1. The SMILES string of the molecule is CN=C(NCc1ccc(S(=O)(=O)N2CCCCC2)cc1)NCc1ccoc1. The fourth-order valence-electron chi connectivity index (χ4n) is 3.02. The first-order valence-electron chi connectivity index (χ1n) is 9.14. The molecule has 2 N–H and O–H groups in total. The van der Waals surface area contributed by atoms with Gasteiger partial charge in [-0.25, -0.2) is 8.42 Å². The monoisotopic (exact) mass is 390 g/mol. The van der Waals surface area contributed by atoms with Crippen molar-refractivity contribution < 1.29 is 12.8 Å². The minimum Gasteiger partial charge on any atom is -0.472 e. The number of benzene rings is 1. The molecule has 0 spiro atoms. The Morgan fingerprint density at radius 1 is 1.04 bits per heavy atom. The van der Waals surface area contributed by atoms with Crippen LogP contribution in [0.2, 0.25) is 0 Å². The summed E-state index contributed by atoms with van der Waals surface area (Å²) in [4.78, 5) is 4.54. The molecule has 2 heterocycles. The molecule has 2 aromatic rings. The Bertz CT molecular complexity index is 840. The van der Waals surface area contributed by atoms with Crippen molar-refractivity contribution in [2.24, 2.45) is 4.99 Å². The Morgan fingerprint density at radius 2 is 1.70 bits per heavy atom. The van der Waals surface area contributed by atoms with Crippen LogP contribution in [0.1, 0.15) is 30.4 Å². The smallest absolute Gasteiger partial charge is 0.243 e. The quantitative estimate of drug-likeness (QED) is 0.584. The van der Waals surface area contributed by atoms with Gasteiger partial charge in [0.05, 0.1) is 17.4 Å². The van der Waals surface area contributed by atoms with Crippen molar-refractivity contribution >= 4 is 16.0 Å². The predicted octanol–water partition coefficient (Wildman–Crippen LogP) is 2.32. The molecule has 0 atom stereocenters. The Hall–Kier alpha value is -2.32. The molecule has 7 nitrogen and oxygen atoms in total. The van der Waals surface area contributed by atoms with Gasteiger partial charge in [0.2, 0.25) is 10.0 Å². The van der Waals surface area contributed by atoms with Gasteiger partial charge in [0.15, 0.2) is 5.96 Å². The number of hydrogen-bond donors (Lipinski definition) is 2. The van der Waals surface area contributed by atoms with Crippen molar-refractivity contribution in [2.75, 3.05) is 20.1 Å². The van der Waals surface area contributed by atoms with E-state index in [9.17, 15) is 8.42 Å². The highest BCUT2D eigenvalue weighted by Gasteiger charge is 2.25. The molecular weight excluding hydrogens is 364 g/mol. The van der Waals surface area contributed by atoms with Crippen LogP contribution >= 0.6 is 0 Å². The number of nitrogens with one attached hydrogen (secondary N) is 2. The van der Waals surface area contributed by atoms with E-state index in [1.807, 2.05) is 18.2 Å².